The summed E-state index contributed by atoms with van der Waals surface area (Å²) in [4.78, 5) is 27.0. The van der Waals surface area contributed by atoms with Gasteiger partial charge in [0, 0.05) is 43.6 Å². The molecule has 0 radical (unpaired) electrons. The Hall–Kier alpha value is -2.15. The molecule has 2 aliphatic heterocycles. The normalized spacial score (nSPS) is 22.8. The van der Waals surface area contributed by atoms with Crippen LogP contribution in [0.5, 0.6) is 0 Å². The number of amides is 1. The van der Waals surface area contributed by atoms with Crippen LogP contribution in [-0.4, -0.2) is 59.7 Å². The number of rotatable bonds is 6. The van der Waals surface area contributed by atoms with Crippen LogP contribution in [0.3, 0.4) is 0 Å². The van der Waals surface area contributed by atoms with E-state index in [0.29, 0.717) is 23.6 Å². The molecular formula is C25H39N5O2. The second kappa shape index (κ2) is 11.1. The van der Waals surface area contributed by atoms with Crippen molar-refractivity contribution < 1.29 is 9.63 Å². The first-order valence-corrected chi connectivity index (χ1v) is 12.5. The third-order valence-electron chi connectivity index (χ3n) is 7.63. The van der Waals surface area contributed by atoms with Crippen molar-refractivity contribution >= 4 is 17.4 Å². The van der Waals surface area contributed by atoms with Crippen molar-refractivity contribution in [1.82, 2.24) is 14.8 Å². The third-order valence-corrected chi connectivity index (χ3v) is 7.63. The van der Waals surface area contributed by atoms with E-state index in [-0.39, 0.29) is 5.92 Å². The second-order valence-corrected chi connectivity index (χ2v) is 9.77. The van der Waals surface area contributed by atoms with Gasteiger partial charge in [0.15, 0.2) is 0 Å². The Bertz CT molecular complexity index is 776. The van der Waals surface area contributed by atoms with Gasteiger partial charge in [-0.15, -0.1) is 0 Å². The summed E-state index contributed by atoms with van der Waals surface area (Å²) in [5, 5.41) is 4.48. The van der Waals surface area contributed by atoms with E-state index in [2.05, 4.69) is 19.9 Å². The van der Waals surface area contributed by atoms with Crippen molar-refractivity contribution in [2.45, 2.75) is 64.3 Å². The minimum atomic E-state index is 0.163. The molecule has 0 unspecified atom stereocenters. The van der Waals surface area contributed by atoms with E-state index in [1.54, 1.807) is 13.3 Å². The lowest BCUT2D eigenvalue weighted by atomic mass is 9.78. The van der Waals surface area contributed by atoms with Crippen LogP contribution >= 0.6 is 0 Å². The Morgan fingerprint density at radius 3 is 2.34 bits per heavy atom. The first-order valence-electron chi connectivity index (χ1n) is 12.5. The van der Waals surface area contributed by atoms with Gasteiger partial charge in [-0.2, -0.15) is 0 Å². The van der Waals surface area contributed by atoms with Crippen LogP contribution < -0.4 is 5.73 Å². The van der Waals surface area contributed by atoms with Crippen LogP contribution in [0.4, 0.5) is 5.82 Å². The number of carbonyl (C=O) groups excluding carboxylic acids is 1. The molecule has 1 aromatic rings. The van der Waals surface area contributed by atoms with E-state index in [0.717, 1.165) is 58.4 Å². The van der Waals surface area contributed by atoms with Crippen molar-refractivity contribution in [3.05, 3.63) is 23.9 Å². The van der Waals surface area contributed by atoms with Gasteiger partial charge >= 0.3 is 0 Å². The van der Waals surface area contributed by atoms with Gasteiger partial charge in [0.2, 0.25) is 5.91 Å². The van der Waals surface area contributed by atoms with E-state index >= 15 is 0 Å². The van der Waals surface area contributed by atoms with Gasteiger partial charge in [-0.3, -0.25) is 9.69 Å². The molecule has 2 saturated heterocycles. The summed E-state index contributed by atoms with van der Waals surface area (Å²) < 4.78 is 0. The SMILES string of the molecule is CO/N=C(/C1CCCCC1)C1CCN(C(=O)C2CCN(Cc3ccnc(N)c3)CC2)CC1. The zero-order valence-corrected chi connectivity index (χ0v) is 19.5. The Morgan fingerprint density at radius 2 is 1.69 bits per heavy atom. The number of nitrogen functional groups attached to an aromatic ring is 1. The van der Waals surface area contributed by atoms with E-state index < -0.39 is 0 Å². The maximum absolute atomic E-state index is 13.2. The first kappa shape index (κ1) is 23.0. The molecular weight excluding hydrogens is 402 g/mol. The summed E-state index contributed by atoms with van der Waals surface area (Å²) in [6, 6.07) is 3.96. The highest BCUT2D eigenvalue weighted by molar-refractivity contribution is 5.89. The van der Waals surface area contributed by atoms with Crippen LogP contribution in [0.1, 0.15) is 63.4 Å². The molecule has 7 nitrogen and oxygen atoms in total. The average molecular weight is 442 g/mol. The van der Waals surface area contributed by atoms with Crippen LogP contribution in [0, 0.1) is 17.8 Å². The first-order chi connectivity index (χ1) is 15.6. The predicted octanol–water partition coefficient (Wildman–Crippen LogP) is 3.70. The van der Waals surface area contributed by atoms with Gasteiger partial charge in [0.05, 0.1) is 5.71 Å². The fourth-order valence-corrected chi connectivity index (χ4v) is 5.83. The summed E-state index contributed by atoms with van der Waals surface area (Å²) in [6.45, 7) is 4.51. The topological polar surface area (TPSA) is 84.0 Å². The zero-order valence-electron chi connectivity index (χ0n) is 19.5. The number of hydrogen-bond donors (Lipinski definition) is 1. The number of likely N-dealkylation sites (tertiary alicyclic amines) is 2. The minimum absolute atomic E-state index is 0.163. The molecule has 176 valence electrons. The molecule has 0 spiro atoms. The molecule has 1 aliphatic carbocycles. The number of aromatic nitrogens is 1. The molecule has 1 aromatic heterocycles. The average Bonchev–Trinajstić information content (AvgIpc) is 2.83. The Labute approximate surface area is 192 Å². The molecule has 2 N–H and O–H groups in total. The van der Waals surface area contributed by atoms with E-state index in [1.165, 1.54) is 43.4 Å². The number of oxime groups is 1. The highest BCUT2D eigenvalue weighted by atomic mass is 16.6. The number of anilines is 1. The number of nitrogens with zero attached hydrogens (tertiary/aromatic N) is 4. The van der Waals surface area contributed by atoms with Crippen molar-refractivity contribution in [3.63, 3.8) is 0 Å². The van der Waals surface area contributed by atoms with Crippen molar-refractivity contribution in [1.29, 1.82) is 0 Å². The lowest BCUT2D eigenvalue weighted by Gasteiger charge is -2.38. The summed E-state index contributed by atoms with van der Waals surface area (Å²) in [7, 11) is 1.66. The quantitative estimate of drug-likeness (QED) is 0.538. The van der Waals surface area contributed by atoms with Crippen LogP contribution in [0.15, 0.2) is 23.5 Å². The summed E-state index contributed by atoms with van der Waals surface area (Å²) in [6.07, 6.45) is 12.1. The predicted molar refractivity (Wildman–Crippen MR) is 127 cm³/mol. The second-order valence-electron chi connectivity index (χ2n) is 9.77. The van der Waals surface area contributed by atoms with Crippen LogP contribution in [0.25, 0.3) is 0 Å². The van der Waals surface area contributed by atoms with Gasteiger partial charge < -0.3 is 15.5 Å². The summed E-state index contributed by atoms with van der Waals surface area (Å²) in [5.41, 5.74) is 8.26. The molecule has 1 saturated carbocycles. The molecule has 3 heterocycles. The summed E-state index contributed by atoms with van der Waals surface area (Å²) >= 11 is 0. The Kier molecular flexibility index (Phi) is 8.00. The number of carbonyl (C=O) groups is 1. The lowest BCUT2D eigenvalue weighted by molar-refractivity contribution is -0.138. The van der Waals surface area contributed by atoms with Crippen molar-refractivity contribution in [3.8, 4) is 0 Å². The highest BCUT2D eigenvalue weighted by Gasteiger charge is 2.34. The molecule has 3 aliphatic rings. The fourth-order valence-electron chi connectivity index (χ4n) is 5.83. The number of nitrogens with two attached hydrogens (primary N) is 1. The summed E-state index contributed by atoms with van der Waals surface area (Å²) in [5.74, 6) is 2.14. The van der Waals surface area contributed by atoms with Gasteiger partial charge in [-0.05, 0) is 69.3 Å². The largest absolute Gasteiger partial charge is 0.399 e. The third kappa shape index (κ3) is 5.80. The molecule has 0 atom stereocenters. The Morgan fingerprint density at radius 1 is 1.03 bits per heavy atom. The maximum atomic E-state index is 13.2. The fraction of sp³-hybridized carbons (Fsp3) is 0.720. The Balaban J connectivity index is 1.24. The molecule has 0 bridgehead atoms. The van der Waals surface area contributed by atoms with E-state index in [4.69, 9.17) is 10.6 Å². The van der Waals surface area contributed by atoms with Crippen molar-refractivity contribution in [2.75, 3.05) is 39.0 Å². The number of hydrogen-bond acceptors (Lipinski definition) is 6. The van der Waals surface area contributed by atoms with Crippen LogP contribution in [-0.2, 0) is 16.2 Å². The smallest absolute Gasteiger partial charge is 0.225 e. The van der Waals surface area contributed by atoms with E-state index in [9.17, 15) is 4.79 Å². The van der Waals surface area contributed by atoms with Gasteiger partial charge in [0.1, 0.15) is 12.9 Å². The monoisotopic (exact) mass is 441 g/mol. The lowest BCUT2D eigenvalue weighted by Crippen LogP contribution is -2.46. The number of pyridine rings is 1. The van der Waals surface area contributed by atoms with Crippen LogP contribution in [0.2, 0.25) is 0 Å². The standard InChI is InChI=1S/C25H39N5O2/c1-32-28-24(20-5-3-2-4-6-20)21-10-15-30(16-11-21)25(31)22-8-13-29(14-9-22)18-19-7-12-27-23(26)17-19/h7,12,17,20-22H,2-6,8-11,13-16,18H2,1H3,(H2,26,27)/b28-24-. The molecule has 0 aromatic carbocycles. The molecule has 1 amide bonds. The molecule has 32 heavy (non-hydrogen) atoms. The number of piperidine rings is 2. The molecule has 7 heteroatoms. The van der Waals surface area contributed by atoms with Gasteiger partial charge in [-0.1, -0.05) is 24.4 Å². The van der Waals surface area contributed by atoms with Crippen molar-refractivity contribution in [2.24, 2.45) is 22.9 Å². The zero-order chi connectivity index (χ0) is 22.3. The van der Waals surface area contributed by atoms with Gasteiger partial charge in [0.25, 0.3) is 0 Å². The molecule has 3 fully saturated rings. The van der Waals surface area contributed by atoms with E-state index in [1.807, 2.05) is 12.1 Å². The minimum Gasteiger partial charge on any atom is -0.399 e. The maximum Gasteiger partial charge on any atom is 0.225 e. The van der Waals surface area contributed by atoms with Gasteiger partial charge in [-0.25, -0.2) is 4.98 Å². The molecule has 4 rings (SSSR count). The highest BCUT2D eigenvalue weighted by Crippen LogP contribution is 2.32.